The SMILES string of the molecule is CNCCc1c(C(F)(F)F)ccc2c1OCCO2. The van der Waals surface area contributed by atoms with Crippen LogP contribution in [0.5, 0.6) is 11.5 Å². The summed E-state index contributed by atoms with van der Waals surface area (Å²) in [5, 5.41) is 2.84. The molecular weight excluding hydrogens is 247 g/mol. The van der Waals surface area contributed by atoms with Crippen LogP contribution >= 0.6 is 0 Å². The molecule has 0 unspecified atom stereocenters. The first-order chi connectivity index (χ1) is 8.54. The van der Waals surface area contributed by atoms with Crippen molar-refractivity contribution in [2.75, 3.05) is 26.8 Å². The third kappa shape index (κ3) is 2.53. The van der Waals surface area contributed by atoms with Crippen LogP contribution in [0.1, 0.15) is 11.1 Å². The number of likely N-dealkylation sites (N-methyl/N-ethyl adjacent to an activating group) is 1. The van der Waals surface area contributed by atoms with Gasteiger partial charge in [-0.25, -0.2) is 0 Å². The fourth-order valence-corrected chi connectivity index (χ4v) is 1.94. The summed E-state index contributed by atoms with van der Waals surface area (Å²) in [7, 11) is 1.69. The lowest BCUT2D eigenvalue weighted by Gasteiger charge is -2.24. The van der Waals surface area contributed by atoms with Crippen LogP contribution in [-0.4, -0.2) is 26.8 Å². The van der Waals surface area contributed by atoms with E-state index in [2.05, 4.69) is 5.32 Å². The maximum absolute atomic E-state index is 12.9. The summed E-state index contributed by atoms with van der Waals surface area (Å²) in [4.78, 5) is 0. The fourth-order valence-electron chi connectivity index (χ4n) is 1.94. The number of nitrogens with one attached hydrogen (secondary N) is 1. The molecule has 18 heavy (non-hydrogen) atoms. The van der Waals surface area contributed by atoms with E-state index in [1.54, 1.807) is 7.05 Å². The van der Waals surface area contributed by atoms with Crippen molar-refractivity contribution in [1.29, 1.82) is 0 Å². The Morgan fingerprint density at radius 2 is 1.94 bits per heavy atom. The van der Waals surface area contributed by atoms with Crippen LogP contribution in [0.15, 0.2) is 12.1 Å². The minimum absolute atomic E-state index is 0.161. The molecule has 1 aliphatic rings. The minimum atomic E-state index is -4.38. The molecule has 0 bridgehead atoms. The summed E-state index contributed by atoms with van der Waals surface area (Å²) in [6.45, 7) is 1.09. The Morgan fingerprint density at radius 1 is 1.22 bits per heavy atom. The van der Waals surface area contributed by atoms with Gasteiger partial charge in [-0.3, -0.25) is 0 Å². The van der Waals surface area contributed by atoms with Crippen LogP contribution in [0.25, 0.3) is 0 Å². The van der Waals surface area contributed by atoms with Crippen molar-refractivity contribution < 1.29 is 22.6 Å². The predicted octanol–water partition coefficient (Wildman–Crippen LogP) is 2.24. The van der Waals surface area contributed by atoms with Gasteiger partial charge in [0.25, 0.3) is 0 Å². The number of ether oxygens (including phenoxy) is 2. The van der Waals surface area contributed by atoms with Gasteiger partial charge in [0, 0.05) is 5.56 Å². The van der Waals surface area contributed by atoms with E-state index in [1.807, 2.05) is 0 Å². The molecule has 1 N–H and O–H groups in total. The molecule has 1 aromatic rings. The second kappa shape index (κ2) is 5.06. The first kappa shape index (κ1) is 13.0. The summed E-state index contributed by atoms with van der Waals surface area (Å²) in [6, 6.07) is 2.37. The lowest BCUT2D eigenvalue weighted by molar-refractivity contribution is -0.138. The number of benzene rings is 1. The van der Waals surface area contributed by atoms with Crippen molar-refractivity contribution in [1.82, 2.24) is 5.32 Å². The molecule has 1 aromatic carbocycles. The zero-order valence-electron chi connectivity index (χ0n) is 9.93. The van der Waals surface area contributed by atoms with Crippen molar-refractivity contribution in [2.24, 2.45) is 0 Å². The van der Waals surface area contributed by atoms with Crippen LogP contribution < -0.4 is 14.8 Å². The highest BCUT2D eigenvalue weighted by molar-refractivity contribution is 5.52. The van der Waals surface area contributed by atoms with Gasteiger partial charge in [0.05, 0.1) is 5.56 Å². The number of alkyl halides is 3. The van der Waals surface area contributed by atoms with E-state index in [9.17, 15) is 13.2 Å². The van der Waals surface area contributed by atoms with Gasteiger partial charge >= 0.3 is 6.18 Å². The van der Waals surface area contributed by atoms with E-state index < -0.39 is 11.7 Å². The fraction of sp³-hybridized carbons (Fsp3) is 0.500. The van der Waals surface area contributed by atoms with Crippen molar-refractivity contribution in [3.8, 4) is 11.5 Å². The smallest absolute Gasteiger partial charge is 0.416 e. The van der Waals surface area contributed by atoms with Gasteiger partial charge in [-0.1, -0.05) is 0 Å². The molecule has 0 saturated carbocycles. The highest BCUT2D eigenvalue weighted by Crippen LogP contribution is 2.42. The standard InChI is InChI=1S/C12H14F3NO2/c1-16-5-4-8-9(12(13,14)15)2-3-10-11(8)18-7-6-17-10/h2-3,16H,4-7H2,1H3. The minimum Gasteiger partial charge on any atom is -0.486 e. The average Bonchev–Trinajstić information content (AvgIpc) is 2.34. The lowest BCUT2D eigenvalue weighted by atomic mass is 10.0. The van der Waals surface area contributed by atoms with Gasteiger partial charge in [-0.2, -0.15) is 13.2 Å². The first-order valence-electron chi connectivity index (χ1n) is 5.67. The third-order valence-corrected chi connectivity index (χ3v) is 2.74. The van der Waals surface area contributed by atoms with Gasteiger partial charge in [0.2, 0.25) is 0 Å². The van der Waals surface area contributed by atoms with Crippen molar-refractivity contribution in [3.63, 3.8) is 0 Å². The number of fused-ring (bicyclic) bond motifs is 1. The largest absolute Gasteiger partial charge is 0.486 e. The molecule has 2 rings (SSSR count). The summed E-state index contributed by atoms with van der Waals surface area (Å²) in [5.41, 5.74) is -0.490. The van der Waals surface area contributed by atoms with Gasteiger partial charge in [-0.05, 0) is 32.1 Å². The molecule has 1 aliphatic heterocycles. The van der Waals surface area contributed by atoms with Crippen molar-refractivity contribution >= 4 is 0 Å². The number of halogens is 3. The first-order valence-corrected chi connectivity index (χ1v) is 5.67. The lowest BCUT2D eigenvalue weighted by Crippen LogP contribution is -2.21. The molecule has 6 heteroatoms. The zero-order chi connectivity index (χ0) is 13.2. The van der Waals surface area contributed by atoms with Crippen molar-refractivity contribution in [3.05, 3.63) is 23.3 Å². The second-order valence-corrected chi connectivity index (χ2v) is 3.97. The van der Waals surface area contributed by atoms with Gasteiger partial charge < -0.3 is 14.8 Å². The average molecular weight is 261 g/mol. The second-order valence-electron chi connectivity index (χ2n) is 3.97. The van der Waals surface area contributed by atoms with Crippen LogP contribution in [0.2, 0.25) is 0 Å². The van der Waals surface area contributed by atoms with Crippen LogP contribution in [-0.2, 0) is 12.6 Å². The number of hydrogen-bond acceptors (Lipinski definition) is 3. The van der Waals surface area contributed by atoms with E-state index in [0.717, 1.165) is 6.07 Å². The molecule has 0 aliphatic carbocycles. The van der Waals surface area contributed by atoms with E-state index in [1.165, 1.54) is 6.07 Å². The number of hydrogen-bond donors (Lipinski definition) is 1. The summed E-state index contributed by atoms with van der Waals surface area (Å²) in [6.07, 6.45) is -4.13. The Balaban J connectivity index is 2.46. The Hall–Kier alpha value is -1.43. The molecule has 0 fully saturated rings. The summed E-state index contributed by atoms with van der Waals surface area (Å²) >= 11 is 0. The van der Waals surface area contributed by atoms with Crippen LogP contribution in [0.3, 0.4) is 0 Å². The highest BCUT2D eigenvalue weighted by Gasteiger charge is 2.36. The molecule has 0 saturated heterocycles. The molecule has 0 radical (unpaired) electrons. The molecule has 0 aromatic heterocycles. The topological polar surface area (TPSA) is 30.5 Å². The van der Waals surface area contributed by atoms with Crippen LogP contribution in [0.4, 0.5) is 13.2 Å². The van der Waals surface area contributed by atoms with E-state index in [0.29, 0.717) is 18.9 Å². The zero-order valence-corrected chi connectivity index (χ0v) is 9.93. The predicted molar refractivity (Wildman–Crippen MR) is 60.1 cm³/mol. The maximum Gasteiger partial charge on any atom is 0.416 e. The Morgan fingerprint density at radius 3 is 2.61 bits per heavy atom. The molecule has 100 valence electrons. The quantitative estimate of drug-likeness (QED) is 0.905. The van der Waals surface area contributed by atoms with E-state index in [-0.39, 0.29) is 24.3 Å². The van der Waals surface area contributed by atoms with E-state index in [4.69, 9.17) is 9.47 Å². The van der Waals surface area contributed by atoms with Crippen LogP contribution in [0, 0.1) is 0 Å². The van der Waals surface area contributed by atoms with Gasteiger partial charge in [0.15, 0.2) is 11.5 Å². The molecule has 1 heterocycles. The molecular formula is C12H14F3NO2. The normalized spacial score (nSPS) is 14.7. The summed E-state index contributed by atoms with van der Waals surface area (Å²) in [5.74, 6) is 0.617. The van der Waals surface area contributed by atoms with Gasteiger partial charge in [-0.15, -0.1) is 0 Å². The monoisotopic (exact) mass is 261 g/mol. The maximum atomic E-state index is 12.9. The van der Waals surface area contributed by atoms with E-state index >= 15 is 0 Å². The Kier molecular flexibility index (Phi) is 3.65. The molecule has 3 nitrogen and oxygen atoms in total. The van der Waals surface area contributed by atoms with Gasteiger partial charge in [0.1, 0.15) is 13.2 Å². The Labute approximate surface area is 103 Å². The Bertz CT molecular complexity index is 432. The molecule has 0 atom stereocenters. The third-order valence-electron chi connectivity index (χ3n) is 2.74. The highest BCUT2D eigenvalue weighted by atomic mass is 19.4. The molecule has 0 amide bonds. The van der Waals surface area contributed by atoms with Crippen molar-refractivity contribution in [2.45, 2.75) is 12.6 Å². The number of rotatable bonds is 3. The molecule has 0 spiro atoms. The summed E-state index contributed by atoms with van der Waals surface area (Å²) < 4.78 is 49.4.